The Morgan fingerprint density at radius 2 is 1.75 bits per heavy atom. The van der Waals surface area contributed by atoms with Crippen LogP contribution < -0.4 is 10.6 Å². The molecule has 5 heteroatoms. The van der Waals surface area contributed by atoms with Crippen LogP contribution in [0.3, 0.4) is 0 Å². The minimum absolute atomic E-state index is 0.0550. The molecule has 5 nitrogen and oxygen atoms in total. The van der Waals surface area contributed by atoms with E-state index in [1.165, 1.54) is 18.4 Å². The maximum absolute atomic E-state index is 11.8. The predicted octanol–water partition coefficient (Wildman–Crippen LogP) is 1.64. The molecule has 24 heavy (non-hydrogen) atoms. The molecule has 0 unspecified atom stereocenters. The second-order valence-electron chi connectivity index (χ2n) is 6.66. The quantitative estimate of drug-likeness (QED) is 0.761. The Balaban J connectivity index is 1.58. The molecule has 0 spiro atoms. The normalized spacial score (nSPS) is 15.9. The number of aryl methyl sites for hydroxylation is 2. The SMILES string of the molecule is Cc1ccc(CCC(=O)NCC(=O)NC[C@@H](C)N2CCCC2)cc1. The highest BCUT2D eigenvalue weighted by Crippen LogP contribution is 2.10. The number of likely N-dealkylation sites (tertiary alicyclic amines) is 1. The first-order chi connectivity index (χ1) is 11.5. The molecule has 2 rings (SSSR count). The molecular formula is C19H29N3O2. The monoisotopic (exact) mass is 331 g/mol. The van der Waals surface area contributed by atoms with Crippen molar-refractivity contribution in [3.63, 3.8) is 0 Å². The Morgan fingerprint density at radius 1 is 1.08 bits per heavy atom. The lowest BCUT2D eigenvalue weighted by atomic mass is 10.1. The van der Waals surface area contributed by atoms with Crippen LogP contribution in [-0.4, -0.2) is 48.9 Å². The Bertz CT molecular complexity index is 536. The van der Waals surface area contributed by atoms with E-state index < -0.39 is 0 Å². The van der Waals surface area contributed by atoms with Crippen molar-refractivity contribution in [1.29, 1.82) is 0 Å². The summed E-state index contributed by atoms with van der Waals surface area (Å²) in [5.74, 6) is -0.206. The van der Waals surface area contributed by atoms with E-state index in [-0.39, 0.29) is 18.4 Å². The number of rotatable bonds is 8. The van der Waals surface area contributed by atoms with Crippen LogP contribution in [0.2, 0.25) is 0 Å². The van der Waals surface area contributed by atoms with E-state index in [1.807, 2.05) is 31.2 Å². The van der Waals surface area contributed by atoms with E-state index in [1.54, 1.807) is 0 Å². The molecule has 0 bridgehead atoms. The first kappa shape index (κ1) is 18.5. The van der Waals surface area contributed by atoms with Crippen LogP contribution in [0.25, 0.3) is 0 Å². The second-order valence-corrected chi connectivity index (χ2v) is 6.66. The summed E-state index contributed by atoms with van der Waals surface area (Å²) < 4.78 is 0. The molecule has 1 aromatic carbocycles. The standard InChI is InChI=1S/C19H29N3O2/c1-15-5-7-17(8-6-15)9-10-18(23)21-14-19(24)20-13-16(2)22-11-3-4-12-22/h5-8,16H,3-4,9-14H2,1-2H3,(H,20,24)(H,21,23)/t16-/m1/s1. The van der Waals surface area contributed by atoms with Gasteiger partial charge in [0.2, 0.25) is 11.8 Å². The van der Waals surface area contributed by atoms with Crippen LogP contribution >= 0.6 is 0 Å². The molecule has 2 N–H and O–H groups in total. The van der Waals surface area contributed by atoms with Gasteiger partial charge >= 0.3 is 0 Å². The smallest absolute Gasteiger partial charge is 0.239 e. The summed E-state index contributed by atoms with van der Waals surface area (Å²) in [6.45, 7) is 7.10. The summed E-state index contributed by atoms with van der Waals surface area (Å²) in [7, 11) is 0. The van der Waals surface area contributed by atoms with Crippen LogP contribution in [0.4, 0.5) is 0 Å². The van der Waals surface area contributed by atoms with Crippen molar-refractivity contribution in [1.82, 2.24) is 15.5 Å². The Labute approximate surface area is 144 Å². The van der Waals surface area contributed by atoms with Gasteiger partial charge in [0.25, 0.3) is 0 Å². The molecule has 0 aromatic heterocycles. The number of amides is 2. The van der Waals surface area contributed by atoms with E-state index in [2.05, 4.69) is 22.5 Å². The van der Waals surface area contributed by atoms with Gasteiger partial charge in [-0.3, -0.25) is 14.5 Å². The van der Waals surface area contributed by atoms with Crippen molar-refractivity contribution in [2.24, 2.45) is 0 Å². The molecule has 1 fully saturated rings. The van der Waals surface area contributed by atoms with Gasteiger partial charge in [0, 0.05) is 19.0 Å². The average Bonchev–Trinajstić information content (AvgIpc) is 3.12. The fourth-order valence-corrected chi connectivity index (χ4v) is 2.92. The Morgan fingerprint density at radius 3 is 2.42 bits per heavy atom. The number of carbonyl (C=O) groups is 2. The Hall–Kier alpha value is -1.88. The summed E-state index contributed by atoms with van der Waals surface area (Å²) >= 11 is 0. The van der Waals surface area contributed by atoms with Crippen LogP contribution in [0.5, 0.6) is 0 Å². The van der Waals surface area contributed by atoms with Crippen LogP contribution in [0, 0.1) is 6.92 Å². The van der Waals surface area contributed by atoms with Gasteiger partial charge in [0.1, 0.15) is 0 Å². The van der Waals surface area contributed by atoms with Gasteiger partial charge in [-0.25, -0.2) is 0 Å². The predicted molar refractivity (Wildman–Crippen MR) is 95.8 cm³/mol. The highest BCUT2D eigenvalue weighted by atomic mass is 16.2. The second kappa shape index (κ2) is 9.42. The molecule has 1 aliphatic rings. The number of nitrogens with zero attached hydrogens (tertiary/aromatic N) is 1. The van der Waals surface area contributed by atoms with Gasteiger partial charge in [-0.1, -0.05) is 29.8 Å². The topological polar surface area (TPSA) is 61.4 Å². The number of hydrogen-bond acceptors (Lipinski definition) is 3. The molecule has 0 radical (unpaired) electrons. The van der Waals surface area contributed by atoms with E-state index >= 15 is 0 Å². The van der Waals surface area contributed by atoms with Crippen molar-refractivity contribution >= 4 is 11.8 Å². The van der Waals surface area contributed by atoms with Crippen LogP contribution in [0.1, 0.15) is 37.3 Å². The lowest BCUT2D eigenvalue weighted by Crippen LogP contribution is -2.44. The molecule has 1 atom stereocenters. The highest BCUT2D eigenvalue weighted by molar-refractivity contribution is 5.84. The fourth-order valence-electron chi connectivity index (χ4n) is 2.92. The van der Waals surface area contributed by atoms with Gasteiger partial charge in [-0.2, -0.15) is 0 Å². The van der Waals surface area contributed by atoms with Crippen molar-refractivity contribution in [3.8, 4) is 0 Å². The first-order valence-corrected chi connectivity index (χ1v) is 8.87. The van der Waals surface area contributed by atoms with Crippen molar-refractivity contribution < 1.29 is 9.59 Å². The molecule has 1 saturated heterocycles. The molecule has 2 amide bonds. The molecule has 0 aliphatic carbocycles. The highest BCUT2D eigenvalue weighted by Gasteiger charge is 2.18. The maximum Gasteiger partial charge on any atom is 0.239 e. The molecule has 1 aromatic rings. The molecular weight excluding hydrogens is 302 g/mol. The summed E-state index contributed by atoms with van der Waals surface area (Å²) in [5.41, 5.74) is 2.35. The molecule has 1 aliphatic heterocycles. The first-order valence-electron chi connectivity index (χ1n) is 8.87. The molecule has 0 saturated carbocycles. The van der Waals surface area contributed by atoms with Crippen molar-refractivity contribution in [2.45, 2.75) is 45.6 Å². The fraction of sp³-hybridized carbons (Fsp3) is 0.579. The molecule has 132 valence electrons. The number of carbonyl (C=O) groups excluding carboxylic acids is 2. The summed E-state index contributed by atoms with van der Waals surface area (Å²) in [4.78, 5) is 26.1. The van der Waals surface area contributed by atoms with Crippen molar-refractivity contribution in [2.75, 3.05) is 26.2 Å². The zero-order chi connectivity index (χ0) is 17.4. The lowest BCUT2D eigenvalue weighted by molar-refractivity contribution is -0.126. The Kier molecular flexibility index (Phi) is 7.25. The zero-order valence-corrected chi connectivity index (χ0v) is 14.8. The minimum Gasteiger partial charge on any atom is -0.353 e. The van der Waals surface area contributed by atoms with Crippen LogP contribution in [-0.2, 0) is 16.0 Å². The number of benzene rings is 1. The third-order valence-electron chi connectivity index (χ3n) is 4.57. The van der Waals surface area contributed by atoms with Crippen molar-refractivity contribution in [3.05, 3.63) is 35.4 Å². The van der Waals surface area contributed by atoms with Gasteiger partial charge in [-0.05, 0) is 51.8 Å². The van der Waals surface area contributed by atoms with E-state index in [0.717, 1.165) is 18.7 Å². The average molecular weight is 331 g/mol. The molecule has 1 heterocycles. The lowest BCUT2D eigenvalue weighted by Gasteiger charge is -2.23. The zero-order valence-electron chi connectivity index (χ0n) is 14.8. The van der Waals surface area contributed by atoms with Gasteiger partial charge < -0.3 is 10.6 Å². The van der Waals surface area contributed by atoms with E-state index in [0.29, 0.717) is 25.4 Å². The van der Waals surface area contributed by atoms with E-state index in [9.17, 15) is 9.59 Å². The van der Waals surface area contributed by atoms with Gasteiger partial charge in [0.05, 0.1) is 6.54 Å². The van der Waals surface area contributed by atoms with E-state index in [4.69, 9.17) is 0 Å². The van der Waals surface area contributed by atoms with Crippen LogP contribution in [0.15, 0.2) is 24.3 Å². The third kappa shape index (κ3) is 6.32. The summed E-state index contributed by atoms with van der Waals surface area (Å²) in [6.07, 6.45) is 3.59. The van der Waals surface area contributed by atoms with Gasteiger partial charge in [-0.15, -0.1) is 0 Å². The summed E-state index contributed by atoms with van der Waals surface area (Å²) in [5, 5.41) is 5.59. The van der Waals surface area contributed by atoms with Gasteiger partial charge in [0.15, 0.2) is 0 Å². The summed E-state index contributed by atoms with van der Waals surface area (Å²) in [6, 6.07) is 8.52. The third-order valence-corrected chi connectivity index (χ3v) is 4.57. The number of nitrogens with one attached hydrogen (secondary N) is 2. The minimum atomic E-state index is -0.121. The largest absolute Gasteiger partial charge is 0.353 e. The number of hydrogen-bond donors (Lipinski definition) is 2. The maximum atomic E-state index is 11.8.